The number of nitrogens with two attached hydrogens (primary N) is 1. The van der Waals surface area contributed by atoms with Crippen molar-refractivity contribution in [1.82, 2.24) is 15.0 Å². The number of pyridine rings is 1. The Bertz CT molecular complexity index is 834. The Labute approximate surface area is 122 Å². The van der Waals surface area contributed by atoms with Gasteiger partial charge in [-0.25, -0.2) is 15.0 Å². The van der Waals surface area contributed by atoms with E-state index in [1.807, 2.05) is 0 Å². The van der Waals surface area contributed by atoms with Crippen molar-refractivity contribution >= 4 is 22.7 Å². The molecule has 8 heteroatoms. The van der Waals surface area contributed by atoms with Gasteiger partial charge in [-0.15, -0.1) is 0 Å². The molecular formula is C14H10F3N5. The molecule has 0 amide bonds. The third-order valence-electron chi connectivity index (χ3n) is 3.05. The molecule has 0 saturated heterocycles. The lowest BCUT2D eigenvalue weighted by Crippen LogP contribution is -2.13. The van der Waals surface area contributed by atoms with Gasteiger partial charge in [0.05, 0.1) is 23.1 Å². The Morgan fingerprint density at radius 1 is 1.09 bits per heavy atom. The van der Waals surface area contributed by atoms with Gasteiger partial charge in [-0.3, -0.25) is 0 Å². The number of hydrogen-bond donors (Lipinski definition) is 2. The van der Waals surface area contributed by atoms with Gasteiger partial charge < -0.3 is 10.7 Å². The Balaban J connectivity index is 1.96. The van der Waals surface area contributed by atoms with Crippen molar-refractivity contribution in [3.05, 3.63) is 54.0 Å². The summed E-state index contributed by atoms with van der Waals surface area (Å²) in [5.74, 6) is 0.163. The van der Waals surface area contributed by atoms with E-state index in [4.69, 9.17) is 5.73 Å². The molecule has 5 nitrogen and oxygen atoms in total. The highest BCUT2D eigenvalue weighted by molar-refractivity contribution is 6.07. The zero-order valence-electron chi connectivity index (χ0n) is 11.1. The van der Waals surface area contributed by atoms with Gasteiger partial charge in [-0.1, -0.05) is 0 Å². The highest BCUT2D eigenvalue weighted by Crippen LogP contribution is 2.30. The van der Waals surface area contributed by atoms with Crippen LogP contribution < -0.4 is 5.73 Å². The Hall–Kier alpha value is -2.90. The van der Waals surface area contributed by atoms with Crippen LogP contribution in [0.15, 0.2) is 47.8 Å². The van der Waals surface area contributed by atoms with Crippen LogP contribution >= 0.6 is 0 Å². The average molecular weight is 305 g/mol. The van der Waals surface area contributed by atoms with Crippen LogP contribution in [0.5, 0.6) is 0 Å². The van der Waals surface area contributed by atoms with Crippen molar-refractivity contribution in [2.75, 3.05) is 0 Å². The summed E-state index contributed by atoms with van der Waals surface area (Å²) in [6, 6.07) is 6.11. The summed E-state index contributed by atoms with van der Waals surface area (Å²) < 4.78 is 37.5. The van der Waals surface area contributed by atoms with E-state index in [0.29, 0.717) is 22.4 Å². The summed E-state index contributed by atoms with van der Waals surface area (Å²) in [6.45, 7) is 0. The molecule has 3 rings (SSSR count). The fourth-order valence-electron chi connectivity index (χ4n) is 1.99. The fourth-order valence-corrected chi connectivity index (χ4v) is 1.99. The molecule has 0 unspecified atom stereocenters. The average Bonchev–Trinajstić information content (AvgIpc) is 2.95. The summed E-state index contributed by atoms with van der Waals surface area (Å²) in [4.78, 5) is 15.1. The normalized spacial score (nSPS) is 12.8. The quantitative estimate of drug-likeness (QED) is 0.564. The van der Waals surface area contributed by atoms with E-state index < -0.39 is 11.7 Å². The molecule has 112 valence electrons. The van der Waals surface area contributed by atoms with Crippen molar-refractivity contribution in [2.45, 2.75) is 6.18 Å². The number of amidine groups is 1. The summed E-state index contributed by atoms with van der Waals surface area (Å²) >= 11 is 0. The third-order valence-corrected chi connectivity index (χ3v) is 3.05. The first kappa shape index (κ1) is 14.1. The predicted molar refractivity (Wildman–Crippen MR) is 75.7 cm³/mol. The van der Waals surface area contributed by atoms with Gasteiger partial charge in [0.15, 0.2) is 5.65 Å². The molecule has 3 N–H and O–H groups in total. The van der Waals surface area contributed by atoms with Gasteiger partial charge in [0.25, 0.3) is 0 Å². The van der Waals surface area contributed by atoms with Crippen molar-refractivity contribution in [3.63, 3.8) is 0 Å². The van der Waals surface area contributed by atoms with Crippen molar-refractivity contribution in [2.24, 2.45) is 10.7 Å². The maximum Gasteiger partial charge on any atom is 0.416 e. The zero-order chi connectivity index (χ0) is 15.7. The maximum atomic E-state index is 12.5. The second-order valence-electron chi connectivity index (χ2n) is 4.50. The van der Waals surface area contributed by atoms with E-state index >= 15 is 0 Å². The first-order chi connectivity index (χ1) is 10.4. The molecule has 0 bridgehead atoms. The number of rotatable bonds is 2. The number of benzene rings is 1. The lowest BCUT2D eigenvalue weighted by molar-refractivity contribution is -0.137. The minimum absolute atomic E-state index is 0.163. The molecule has 1 aromatic carbocycles. The molecule has 0 aliphatic carbocycles. The van der Waals surface area contributed by atoms with Crippen LogP contribution in [0.4, 0.5) is 18.9 Å². The second kappa shape index (κ2) is 5.14. The third kappa shape index (κ3) is 2.62. The van der Waals surface area contributed by atoms with E-state index in [1.165, 1.54) is 24.7 Å². The summed E-state index contributed by atoms with van der Waals surface area (Å²) in [5, 5.41) is 0. The number of nitrogens with one attached hydrogen (secondary N) is 1. The van der Waals surface area contributed by atoms with Crippen LogP contribution in [-0.2, 0) is 6.18 Å². The van der Waals surface area contributed by atoms with E-state index in [-0.39, 0.29) is 5.84 Å². The second-order valence-corrected chi connectivity index (χ2v) is 4.50. The minimum Gasteiger partial charge on any atom is -0.383 e. The Morgan fingerprint density at radius 2 is 1.82 bits per heavy atom. The van der Waals surface area contributed by atoms with Crippen LogP contribution in [0.3, 0.4) is 0 Å². The number of H-pyrrole nitrogens is 1. The number of aliphatic imine (C=N–C) groups is 1. The monoisotopic (exact) mass is 305 g/mol. The SMILES string of the molecule is NC(=Nc1ccc(C(F)(F)F)cc1)c1ccnc2nc[nH]c12. The van der Waals surface area contributed by atoms with Crippen LogP contribution in [0.25, 0.3) is 11.2 Å². The highest BCUT2D eigenvalue weighted by atomic mass is 19.4. The maximum absolute atomic E-state index is 12.5. The fraction of sp³-hybridized carbons (Fsp3) is 0.0714. The topological polar surface area (TPSA) is 79.9 Å². The number of hydrogen-bond acceptors (Lipinski definition) is 3. The number of aromatic nitrogens is 3. The van der Waals surface area contributed by atoms with Crippen molar-refractivity contribution in [1.29, 1.82) is 0 Å². The number of aromatic amines is 1. The molecule has 2 heterocycles. The Kier molecular flexibility index (Phi) is 3.28. The van der Waals surface area contributed by atoms with Gasteiger partial charge in [0, 0.05) is 11.8 Å². The van der Waals surface area contributed by atoms with Crippen LogP contribution in [0.1, 0.15) is 11.1 Å². The molecule has 0 aliphatic rings. The molecule has 22 heavy (non-hydrogen) atoms. The van der Waals surface area contributed by atoms with E-state index in [1.54, 1.807) is 6.07 Å². The number of fused-ring (bicyclic) bond motifs is 1. The molecular weight excluding hydrogens is 295 g/mol. The van der Waals surface area contributed by atoms with Gasteiger partial charge in [-0.05, 0) is 30.3 Å². The number of halogens is 3. The molecule has 0 saturated carbocycles. The van der Waals surface area contributed by atoms with E-state index in [9.17, 15) is 13.2 Å². The molecule has 3 aromatic rings. The molecule has 0 fully saturated rings. The highest BCUT2D eigenvalue weighted by Gasteiger charge is 2.29. The smallest absolute Gasteiger partial charge is 0.383 e. The van der Waals surface area contributed by atoms with E-state index in [0.717, 1.165) is 12.1 Å². The largest absolute Gasteiger partial charge is 0.416 e. The number of imidazole rings is 1. The van der Waals surface area contributed by atoms with Crippen molar-refractivity contribution < 1.29 is 13.2 Å². The van der Waals surface area contributed by atoms with Crippen LogP contribution in [-0.4, -0.2) is 20.8 Å². The van der Waals surface area contributed by atoms with Gasteiger partial charge >= 0.3 is 6.18 Å². The number of nitrogens with zero attached hydrogens (tertiary/aromatic N) is 3. The van der Waals surface area contributed by atoms with Crippen molar-refractivity contribution in [3.8, 4) is 0 Å². The lowest BCUT2D eigenvalue weighted by atomic mass is 10.2. The predicted octanol–water partition coefficient (Wildman–Crippen LogP) is 3.01. The minimum atomic E-state index is -4.37. The molecule has 0 spiro atoms. The van der Waals surface area contributed by atoms with Gasteiger partial charge in [0.1, 0.15) is 5.84 Å². The first-order valence-electron chi connectivity index (χ1n) is 6.25. The number of alkyl halides is 3. The molecule has 0 atom stereocenters. The Morgan fingerprint density at radius 3 is 2.50 bits per heavy atom. The lowest BCUT2D eigenvalue weighted by Gasteiger charge is -2.06. The van der Waals surface area contributed by atoms with Gasteiger partial charge in [-0.2, -0.15) is 13.2 Å². The molecule has 0 aliphatic heterocycles. The molecule has 2 aromatic heterocycles. The first-order valence-corrected chi connectivity index (χ1v) is 6.25. The summed E-state index contributed by atoms with van der Waals surface area (Å²) in [6.07, 6.45) is -1.36. The zero-order valence-corrected chi connectivity index (χ0v) is 11.1. The van der Waals surface area contributed by atoms with Gasteiger partial charge in [0.2, 0.25) is 0 Å². The molecule has 0 radical (unpaired) electrons. The van der Waals surface area contributed by atoms with Crippen LogP contribution in [0.2, 0.25) is 0 Å². The standard InChI is InChI=1S/C14H10F3N5/c15-14(16,17)8-1-3-9(4-2-8)22-12(18)10-5-6-19-13-11(10)20-7-21-13/h1-7H,(H2,18,22)(H,19,20,21). The summed E-state index contributed by atoms with van der Waals surface area (Å²) in [7, 11) is 0. The summed E-state index contributed by atoms with van der Waals surface area (Å²) in [5.41, 5.74) is 7.22. The van der Waals surface area contributed by atoms with E-state index in [2.05, 4.69) is 19.9 Å². The van der Waals surface area contributed by atoms with Crippen LogP contribution in [0, 0.1) is 0 Å².